The molecule has 1 N–H and O–H groups in total. The van der Waals surface area contributed by atoms with Crippen LogP contribution < -0.4 is 10.2 Å². The largest absolute Gasteiger partial charge is 0.508 e. The third-order valence-electron chi connectivity index (χ3n) is 4.86. The van der Waals surface area contributed by atoms with Gasteiger partial charge in [-0.3, -0.25) is 4.79 Å². The number of carboxylic acids is 1. The Bertz CT molecular complexity index is 1010. The summed E-state index contributed by atoms with van der Waals surface area (Å²) >= 11 is 0. The molecule has 1 aliphatic heterocycles. The second kappa shape index (κ2) is 6.03. The van der Waals surface area contributed by atoms with Gasteiger partial charge in [-0.05, 0) is 29.5 Å². The number of rotatable bonds is 2. The maximum absolute atomic E-state index is 12.3. The second-order valence-electron chi connectivity index (χ2n) is 7.53. The van der Waals surface area contributed by atoms with Crippen molar-refractivity contribution >= 4 is 11.7 Å². The Morgan fingerprint density at radius 3 is 2.58 bits per heavy atom. The fourth-order valence-electron chi connectivity index (χ4n) is 3.48. The predicted octanol–water partition coefficient (Wildman–Crippen LogP) is 3.92. The first kappa shape index (κ1) is 17.7. The molecule has 0 radical (unpaired) electrons. The highest BCUT2D eigenvalue weighted by atomic mass is 16.5. The quantitative estimate of drug-likeness (QED) is 0.832. The number of nitrogens with zero attached hydrogens (tertiary/aromatic N) is 2. The van der Waals surface area contributed by atoms with Gasteiger partial charge in [0, 0.05) is 23.9 Å². The van der Waals surface area contributed by atoms with E-state index in [1.165, 1.54) is 19.4 Å². The molecule has 6 nitrogen and oxygen atoms in total. The van der Waals surface area contributed by atoms with Crippen LogP contribution in [0.5, 0.6) is 5.75 Å². The van der Waals surface area contributed by atoms with Gasteiger partial charge in [0.05, 0.1) is 19.4 Å². The lowest BCUT2D eigenvalue weighted by molar-refractivity contribution is 0.0693. The van der Waals surface area contributed by atoms with E-state index >= 15 is 0 Å². The molecule has 1 aromatic heterocycles. The molecule has 0 aliphatic carbocycles. The Morgan fingerprint density at radius 1 is 1.35 bits per heavy atom. The van der Waals surface area contributed by atoms with Gasteiger partial charge in [-0.2, -0.15) is 0 Å². The van der Waals surface area contributed by atoms with Gasteiger partial charge < -0.3 is 14.4 Å². The van der Waals surface area contributed by atoms with Crippen LogP contribution >= 0.6 is 0 Å². The van der Waals surface area contributed by atoms with E-state index in [0.29, 0.717) is 23.6 Å². The predicted molar refractivity (Wildman–Crippen MR) is 98.1 cm³/mol. The van der Waals surface area contributed by atoms with Crippen LogP contribution in [0, 0.1) is 12.0 Å². The Labute approximate surface area is 151 Å². The molecule has 2 aromatic rings. The molecular formula is C20H20N2O4. The lowest BCUT2D eigenvalue weighted by Gasteiger charge is -2.39. The van der Waals surface area contributed by atoms with Crippen molar-refractivity contribution < 1.29 is 14.6 Å². The molecule has 0 saturated heterocycles. The highest BCUT2D eigenvalue weighted by Gasteiger charge is 2.34. The maximum atomic E-state index is 12.3. The molecule has 0 spiro atoms. The van der Waals surface area contributed by atoms with Gasteiger partial charge in [-0.1, -0.05) is 20.8 Å². The third-order valence-corrected chi connectivity index (χ3v) is 4.86. The van der Waals surface area contributed by atoms with Crippen molar-refractivity contribution in [2.45, 2.75) is 33.2 Å². The summed E-state index contributed by atoms with van der Waals surface area (Å²) in [6, 6.07) is 4.89. The van der Waals surface area contributed by atoms with Crippen LogP contribution in [-0.2, 0) is 6.42 Å². The number of carbonyl (C=O) groups is 1. The molecule has 0 amide bonds. The Balaban J connectivity index is 2.36. The summed E-state index contributed by atoms with van der Waals surface area (Å²) in [6.45, 7) is 13.6. The number of methoxy groups -OCH3 is 1. The maximum Gasteiger partial charge on any atom is 0.341 e. The first-order valence-corrected chi connectivity index (χ1v) is 8.25. The van der Waals surface area contributed by atoms with Gasteiger partial charge in [-0.25, -0.2) is 9.64 Å². The van der Waals surface area contributed by atoms with Gasteiger partial charge in [0.1, 0.15) is 11.3 Å². The fraction of sp³-hybridized carbons (Fsp3) is 0.350. The topological polar surface area (TPSA) is 72.9 Å². The standard InChI is InChI=1S/C20H20N2O4/c1-20(2,3)18-7-11-6-14(21-4)17(26-5)8-12(11)15-9-16(23)13(19(24)25)10-22(15)18/h6,8-10,18H,7H2,1-3,5H3,(H,24,25). The summed E-state index contributed by atoms with van der Waals surface area (Å²) in [5, 5.41) is 9.34. The van der Waals surface area contributed by atoms with Crippen LogP contribution in [0.2, 0.25) is 0 Å². The zero-order chi connectivity index (χ0) is 19.2. The van der Waals surface area contributed by atoms with Gasteiger partial charge in [0.2, 0.25) is 5.69 Å². The number of carboxylic acid groups (broad SMARTS) is 1. The van der Waals surface area contributed by atoms with E-state index < -0.39 is 11.4 Å². The van der Waals surface area contributed by atoms with E-state index in [1.54, 1.807) is 12.1 Å². The Kier molecular flexibility index (Phi) is 4.11. The van der Waals surface area contributed by atoms with Crippen molar-refractivity contribution in [2.75, 3.05) is 7.11 Å². The number of aromatic nitrogens is 1. The number of ether oxygens (including phenoxy) is 1. The lowest BCUT2D eigenvalue weighted by Crippen LogP contribution is -2.32. The molecule has 3 rings (SSSR count). The summed E-state index contributed by atoms with van der Waals surface area (Å²) < 4.78 is 7.19. The highest BCUT2D eigenvalue weighted by Crippen LogP contribution is 2.45. The Hall–Kier alpha value is -3.07. The van der Waals surface area contributed by atoms with Crippen LogP contribution in [0.15, 0.2) is 29.2 Å². The fourth-order valence-corrected chi connectivity index (χ4v) is 3.48. The van der Waals surface area contributed by atoms with Gasteiger partial charge >= 0.3 is 5.97 Å². The molecule has 1 aliphatic rings. The molecule has 0 saturated carbocycles. The van der Waals surface area contributed by atoms with Crippen molar-refractivity contribution in [2.24, 2.45) is 5.41 Å². The minimum absolute atomic E-state index is 0.0457. The first-order chi connectivity index (χ1) is 12.2. The molecule has 26 heavy (non-hydrogen) atoms. The molecule has 2 heterocycles. The number of fused-ring (bicyclic) bond motifs is 3. The lowest BCUT2D eigenvalue weighted by atomic mass is 9.78. The number of hydrogen-bond acceptors (Lipinski definition) is 3. The first-order valence-electron chi connectivity index (χ1n) is 8.25. The van der Waals surface area contributed by atoms with E-state index in [1.807, 2.05) is 4.57 Å². The van der Waals surface area contributed by atoms with Crippen molar-refractivity contribution in [3.8, 4) is 17.0 Å². The molecule has 0 fully saturated rings. The van der Waals surface area contributed by atoms with E-state index in [4.69, 9.17) is 11.3 Å². The summed E-state index contributed by atoms with van der Waals surface area (Å²) in [5.74, 6) is -0.793. The van der Waals surface area contributed by atoms with Gasteiger partial charge in [0.25, 0.3) is 0 Å². The average Bonchev–Trinajstić information content (AvgIpc) is 2.58. The molecule has 6 heteroatoms. The number of hydrogen-bond donors (Lipinski definition) is 1. The monoisotopic (exact) mass is 352 g/mol. The van der Waals surface area contributed by atoms with Crippen molar-refractivity contribution in [1.82, 2.24) is 4.57 Å². The van der Waals surface area contributed by atoms with Crippen LogP contribution in [0.4, 0.5) is 5.69 Å². The summed E-state index contributed by atoms with van der Waals surface area (Å²) in [6.07, 6.45) is 2.08. The second-order valence-corrected chi connectivity index (χ2v) is 7.53. The van der Waals surface area contributed by atoms with Crippen LogP contribution in [0.1, 0.15) is 42.7 Å². The zero-order valence-electron chi connectivity index (χ0n) is 15.2. The van der Waals surface area contributed by atoms with Crippen LogP contribution in [0.3, 0.4) is 0 Å². The minimum atomic E-state index is -1.23. The molecule has 0 bridgehead atoms. The molecule has 1 atom stereocenters. The summed E-state index contributed by atoms with van der Waals surface area (Å²) in [4.78, 5) is 27.3. The molecule has 1 aromatic carbocycles. The number of pyridine rings is 1. The van der Waals surface area contributed by atoms with E-state index in [2.05, 4.69) is 25.6 Å². The van der Waals surface area contributed by atoms with Crippen molar-refractivity contribution in [3.63, 3.8) is 0 Å². The van der Waals surface area contributed by atoms with E-state index in [9.17, 15) is 14.7 Å². The Morgan fingerprint density at radius 2 is 2.04 bits per heavy atom. The normalized spacial score (nSPS) is 15.6. The molecule has 134 valence electrons. The van der Waals surface area contributed by atoms with Crippen LogP contribution in [0.25, 0.3) is 16.1 Å². The number of aromatic carboxylic acids is 1. The van der Waals surface area contributed by atoms with E-state index in [-0.39, 0.29) is 17.0 Å². The van der Waals surface area contributed by atoms with Crippen LogP contribution in [-0.4, -0.2) is 22.8 Å². The SMILES string of the molecule is [C-]#[N+]c1cc2c(cc1OC)-c1cc(=O)c(C(=O)O)cn1C(C(C)(C)C)C2. The average molecular weight is 352 g/mol. The summed E-state index contributed by atoms with van der Waals surface area (Å²) in [5.41, 5.74) is 1.89. The van der Waals surface area contributed by atoms with E-state index in [0.717, 1.165) is 11.1 Å². The summed E-state index contributed by atoms with van der Waals surface area (Å²) in [7, 11) is 1.50. The van der Waals surface area contributed by atoms with Crippen molar-refractivity contribution in [3.05, 3.63) is 57.2 Å². The smallest absolute Gasteiger partial charge is 0.341 e. The highest BCUT2D eigenvalue weighted by molar-refractivity contribution is 5.88. The van der Waals surface area contributed by atoms with Gasteiger partial charge in [-0.15, -0.1) is 0 Å². The number of benzene rings is 1. The third kappa shape index (κ3) is 2.76. The van der Waals surface area contributed by atoms with Gasteiger partial charge in [0.15, 0.2) is 5.43 Å². The minimum Gasteiger partial charge on any atom is -0.508 e. The zero-order valence-corrected chi connectivity index (χ0v) is 15.2. The molecular weight excluding hydrogens is 332 g/mol. The molecule has 1 unspecified atom stereocenters. The van der Waals surface area contributed by atoms with Crippen molar-refractivity contribution in [1.29, 1.82) is 0 Å².